The number of hydrogen-bond donors (Lipinski definition) is 1. The van der Waals surface area contributed by atoms with Crippen LogP contribution in [0, 0.1) is 10.1 Å². The van der Waals surface area contributed by atoms with Gasteiger partial charge in [-0.1, -0.05) is 30.3 Å². The Morgan fingerprint density at radius 1 is 1.14 bits per heavy atom. The number of aryl methyl sites for hydroxylation is 1. The predicted molar refractivity (Wildman–Crippen MR) is 108 cm³/mol. The lowest BCUT2D eigenvalue weighted by molar-refractivity contribution is -0.385. The predicted octanol–water partition coefficient (Wildman–Crippen LogP) is 4.03. The highest BCUT2D eigenvalue weighted by Crippen LogP contribution is 2.34. The van der Waals surface area contributed by atoms with Crippen molar-refractivity contribution in [2.75, 3.05) is 11.9 Å². The summed E-state index contributed by atoms with van der Waals surface area (Å²) in [4.78, 5) is 23.1. The van der Waals surface area contributed by atoms with E-state index >= 15 is 0 Å². The Hall–Kier alpha value is -4.01. The summed E-state index contributed by atoms with van der Waals surface area (Å²) in [5.41, 5.74) is -0.289. The van der Waals surface area contributed by atoms with Gasteiger partial charge in [-0.15, -0.1) is 0 Å². The second-order valence-corrected chi connectivity index (χ2v) is 6.33. The molecule has 9 nitrogen and oxygen atoms in total. The molecule has 0 unspecified atom stereocenters. The zero-order chi connectivity index (χ0) is 20.1. The SMILES string of the molecule is O=[N+]([O-])c1c(NCCCn2ccnc2)ncnc1Oc1ccc2ccccc2c1. The summed E-state index contributed by atoms with van der Waals surface area (Å²) in [6.45, 7) is 1.25. The van der Waals surface area contributed by atoms with E-state index in [0.29, 0.717) is 12.3 Å². The first kappa shape index (κ1) is 18.4. The van der Waals surface area contributed by atoms with Gasteiger partial charge in [-0.05, 0) is 29.3 Å². The molecular weight excluding hydrogens is 372 g/mol. The third-order valence-electron chi connectivity index (χ3n) is 4.35. The van der Waals surface area contributed by atoms with E-state index in [0.717, 1.165) is 23.7 Å². The molecule has 4 aromatic rings. The van der Waals surface area contributed by atoms with Gasteiger partial charge in [0.2, 0.25) is 5.82 Å². The van der Waals surface area contributed by atoms with Crippen molar-refractivity contribution >= 4 is 22.3 Å². The van der Waals surface area contributed by atoms with Gasteiger partial charge in [0.1, 0.15) is 12.1 Å². The first-order valence-electron chi connectivity index (χ1n) is 9.06. The average molecular weight is 390 g/mol. The van der Waals surface area contributed by atoms with Crippen molar-refractivity contribution in [3.63, 3.8) is 0 Å². The number of aromatic nitrogens is 4. The Morgan fingerprint density at radius 3 is 2.79 bits per heavy atom. The monoisotopic (exact) mass is 390 g/mol. The fourth-order valence-electron chi connectivity index (χ4n) is 2.96. The highest BCUT2D eigenvalue weighted by molar-refractivity contribution is 5.83. The van der Waals surface area contributed by atoms with Crippen molar-refractivity contribution in [2.45, 2.75) is 13.0 Å². The van der Waals surface area contributed by atoms with E-state index < -0.39 is 4.92 Å². The van der Waals surface area contributed by atoms with Gasteiger partial charge in [0.25, 0.3) is 0 Å². The van der Waals surface area contributed by atoms with E-state index in [1.807, 2.05) is 47.2 Å². The number of fused-ring (bicyclic) bond motifs is 1. The van der Waals surface area contributed by atoms with Crippen LogP contribution in [0.3, 0.4) is 0 Å². The molecule has 0 atom stereocenters. The van der Waals surface area contributed by atoms with Crippen molar-refractivity contribution in [2.24, 2.45) is 0 Å². The summed E-state index contributed by atoms with van der Waals surface area (Å²) in [6, 6.07) is 13.3. The Labute approximate surface area is 166 Å². The number of imidazole rings is 1. The summed E-state index contributed by atoms with van der Waals surface area (Å²) >= 11 is 0. The molecule has 4 rings (SSSR count). The summed E-state index contributed by atoms with van der Waals surface area (Å²) in [7, 11) is 0. The van der Waals surface area contributed by atoms with Crippen molar-refractivity contribution in [3.05, 3.63) is 77.6 Å². The topological polar surface area (TPSA) is 108 Å². The van der Waals surface area contributed by atoms with E-state index in [9.17, 15) is 10.1 Å². The lowest BCUT2D eigenvalue weighted by Gasteiger charge is -2.10. The second kappa shape index (κ2) is 8.34. The minimum absolute atomic E-state index is 0.0996. The molecular formula is C20H18N6O3. The van der Waals surface area contributed by atoms with E-state index in [1.165, 1.54) is 6.33 Å². The lowest BCUT2D eigenvalue weighted by atomic mass is 10.1. The molecule has 146 valence electrons. The number of hydrogen-bond acceptors (Lipinski definition) is 7. The number of rotatable bonds is 8. The number of nitrogens with zero attached hydrogens (tertiary/aromatic N) is 5. The van der Waals surface area contributed by atoms with Gasteiger partial charge >= 0.3 is 11.6 Å². The number of ether oxygens (including phenoxy) is 1. The molecule has 0 radical (unpaired) electrons. The normalized spacial score (nSPS) is 10.8. The smallest absolute Gasteiger partial charge is 0.373 e. The third kappa shape index (κ3) is 4.29. The van der Waals surface area contributed by atoms with Crippen LogP contribution in [-0.2, 0) is 6.54 Å². The van der Waals surface area contributed by atoms with Crippen LogP contribution >= 0.6 is 0 Å². The molecule has 0 fully saturated rings. The van der Waals surface area contributed by atoms with Crippen molar-refractivity contribution < 1.29 is 9.66 Å². The van der Waals surface area contributed by atoms with Crippen LogP contribution in [0.15, 0.2) is 67.5 Å². The van der Waals surface area contributed by atoms with Crippen molar-refractivity contribution in [1.82, 2.24) is 19.5 Å². The van der Waals surface area contributed by atoms with Gasteiger partial charge in [-0.2, -0.15) is 4.98 Å². The minimum atomic E-state index is -0.533. The molecule has 0 spiro atoms. The number of anilines is 1. The van der Waals surface area contributed by atoms with E-state index in [2.05, 4.69) is 20.3 Å². The summed E-state index contributed by atoms with van der Waals surface area (Å²) in [6.07, 6.45) is 7.30. The molecule has 9 heteroatoms. The standard InChI is InChI=1S/C20H18N6O3/c27-26(28)18-19(22-8-3-10-25-11-9-21-14-25)23-13-24-20(18)29-17-7-6-15-4-1-2-5-16(15)12-17/h1-2,4-7,9,11-14H,3,8,10H2,(H,22,23,24). The molecule has 0 saturated carbocycles. The van der Waals surface area contributed by atoms with Gasteiger partial charge in [-0.3, -0.25) is 10.1 Å². The Balaban J connectivity index is 1.51. The molecule has 0 aliphatic rings. The largest absolute Gasteiger partial charge is 0.434 e. The maximum absolute atomic E-state index is 11.7. The van der Waals surface area contributed by atoms with E-state index in [-0.39, 0.29) is 17.4 Å². The van der Waals surface area contributed by atoms with Gasteiger partial charge in [0.15, 0.2) is 0 Å². The number of benzene rings is 2. The number of nitro groups is 1. The average Bonchev–Trinajstić information content (AvgIpc) is 3.24. The summed E-state index contributed by atoms with van der Waals surface area (Å²) in [5, 5.41) is 16.7. The minimum Gasteiger partial charge on any atom is -0.434 e. The zero-order valence-corrected chi connectivity index (χ0v) is 15.4. The zero-order valence-electron chi connectivity index (χ0n) is 15.4. The maximum atomic E-state index is 11.7. The van der Waals surface area contributed by atoms with Crippen LogP contribution in [0.5, 0.6) is 11.6 Å². The Morgan fingerprint density at radius 2 is 2.00 bits per heavy atom. The number of nitrogens with one attached hydrogen (secondary N) is 1. The first-order valence-corrected chi connectivity index (χ1v) is 9.06. The van der Waals surface area contributed by atoms with Gasteiger partial charge in [0.05, 0.1) is 11.3 Å². The molecule has 0 aliphatic heterocycles. The fourth-order valence-corrected chi connectivity index (χ4v) is 2.96. The molecule has 0 aliphatic carbocycles. The Kier molecular flexibility index (Phi) is 5.28. The highest BCUT2D eigenvalue weighted by atomic mass is 16.6. The van der Waals surface area contributed by atoms with Crippen LogP contribution in [0.4, 0.5) is 11.5 Å². The van der Waals surface area contributed by atoms with Crippen LogP contribution < -0.4 is 10.1 Å². The molecule has 2 aromatic heterocycles. The molecule has 29 heavy (non-hydrogen) atoms. The van der Waals surface area contributed by atoms with Crippen molar-refractivity contribution in [1.29, 1.82) is 0 Å². The summed E-state index contributed by atoms with van der Waals surface area (Å²) in [5.74, 6) is 0.500. The van der Waals surface area contributed by atoms with E-state index in [4.69, 9.17) is 4.74 Å². The lowest BCUT2D eigenvalue weighted by Crippen LogP contribution is -2.10. The second-order valence-electron chi connectivity index (χ2n) is 6.33. The van der Waals surface area contributed by atoms with Crippen LogP contribution in [0.1, 0.15) is 6.42 Å². The third-order valence-corrected chi connectivity index (χ3v) is 4.35. The summed E-state index contributed by atoms with van der Waals surface area (Å²) < 4.78 is 7.67. The maximum Gasteiger partial charge on any atom is 0.373 e. The van der Waals surface area contributed by atoms with Crippen LogP contribution in [0.25, 0.3) is 10.8 Å². The Bertz CT molecular complexity index is 1130. The van der Waals surface area contributed by atoms with Gasteiger partial charge in [-0.25, -0.2) is 9.97 Å². The van der Waals surface area contributed by atoms with Gasteiger partial charge in [0, 0.05) is 25.5 Å². The van der Waals surface area contributed by atoms with Crippen LogP contribution in [-0.4, -0.2) is 31.0 Å². The molecule has 0 saturated heterocycles. The molecule has 1 N–H and O–H groups in total. The quantitative estimate of drug-likeness (QED) is 0.275. The fraction of sp³-hybridized carbons (Fsp3) is 0.150. The van der Waals surface area contributed by atoms with Crippen LogP contribution in [0.2, 0.25) is 0 Å². The van der Waals surface area contributed by atoms with Crippen molar-refractivity contribution in [3.8, 4) is 11.6 Å². The molecule has 2 aromatic carbocycles. The highest BCUT2D eigenvalue weighted by Gasteiger charge is 2.24. The van der Waals surface area contributed by atoms with E-state index in [1.54, 1.807) is 18.6 Å². The molecule has 0 bridgehead atoms. The molecule has 2 heterocycles. The molecule has 0 amide bonds. The van der Waals surface area contributed by atoms with Gasteiger partial charge < -0.3 is 14.6 Å². The first-order chi connectivity index (χ1) is 14.2.